The van der Waals surface area contributed by atoms with E-state index in [0.29, 0.717) is 16.9 Å². The molecule has 0 radical (unpaired) electrons. The molecule has 0 atom stereocenters. The maximum atomic E-state index is 12.0. The van der Waals surface area contributed by atoms with Crippen molar-refractivity contribution >= 4 is 21.4 Å². The minimum absolute atomic E-state index is 0.292. The van der Waals surface area contributed by atoms with Crippen molar-refractivity contribution in [3.63, 3.8) is 0 Å². The molecule has 1 aromatic carbocycles. The van der Waals surface area contributed by atoms with Crippen LogP contribution in [0.5, 0.6) is 0 Å². The number of hydrogen-bond acceptors (Lipinski definition) is 3. The minimum Gasteiger partial charge on any atom is -0.398 e. The van der Waals surface area contributed by atoms with Crippen LogP contribution in [0.3, 0.4) is 0 Å². The molecule has 0 heterocycles. The summed E-state index contributed by atoms with van der Waals surface area (Å²) in [5.74, 6) is -0.584. The number of anilines is 2. The molecule has 20 heavy (non-hydrogen) atoms. The fourth-order valence-electron chi connectivity index (χ4n) is 1.66. The van der Waals surface area contributed by atoms with Crippen molar-refractivity contribution in [1.29, 1.82) is 0 Å². The zero-order chi connectivity index (χ0) is 15.6. The molecule has 4 nitrogen and oxygen atoms in total. The van der Waals surface area contributed by atoms with Gasteiger partial charge in [0.15, 0.2) is 0 Å². The van der Waals surface area contributed by atoms with E-state index in [1.54, 1.807) is 26.0 Å². The molecule has 0 bridgehead atoms. The van der Waals surface area contributed by atoms with Gasteiger partial charge in [0.05, 0.1) is 11.4 Å². The summed E-state index contributed by atoms with van der Waals surface area (Å²) in [5, 5.41) is 0. The van der Waals surface area contributed by atoms with Crippen LogP contribution in [0.2, 0.25) is 0 Å². The Labute approximate surface area is 116 Å². The highest BCUT2D eigenvalue weighted by molar-refractivity contribution is 7.92. The average molecular weight is 310 g/mol. The predicted octanol–water partition coefficient (Wildman–Crippen LogP) is 2.97. The molecule has 0 saturated heterocycles. The molecule has 0 aromatic heterocycles. The largest absolute Gasteiger partial charge is 0.398 e. The molecule has 0 fully saturated rings. The quantitative estimate of drug-likeness (QED) is 0.821. The van der Waals surface area contributed by atoms with Crippen molar-refractivity contribution in [2.45, 2.75) is 32.9 Å². The number of aryl methyl sites for hydroxylation is 1. The SMILES string of the molecule is Cc1ccc(NS(=O)(=O)CCCC(F)(F)F)c(C)c1N. The summed E-state index contributed by atoms with van der Waals surface area (Å²) >= 11 is 0. The van der Waals surface area contributed by atoms with Gasteiger partial charge < -0.3 is 5.73 Å². The second-order valence-electron chi connectivity index (χ2n) is 4.61. The fraction of sp³-hybridized carbons (Fsp3) is 0.500. The van der Waals surface area contributed by atoms with Gasteiger partial charge in [0.2, 0.25) is 10.0 Å². The molecule has 0 amide bonds. The lowest BCUT2D eigenvalue weighted by Crippen LogP contribution is -2.19. The highest BCUT2D eigenvalue weighted by Gasteiger charge is 2.27. The number of nitrogen functional groups attached to an aromatic ring is 1. The van der Waals surface area contributed by atoms with Crippen LogP contribution in [0, 0.1) is 13.8 Å². The Morgan fingerprint density at radius 1 is 1.25 bits per heavy atom. The first-order valence-electron chi connectivity index (χ1n) is 5.95. The predicted molar refractivity (Wildman–Crippen MR) is 73.0 cm³/mol. The van der Waals surface area contributed by atoms with E-state index < -0.39 is 34.8 Å². The summed E-state index contributed by atoms with van der Waals surface area (Å²) in [6, 6.07) is 3.19. The van der Waals surface area contributed by atoms with E-state index in [-0.39, 0.29) is 0 Å². The smallest absolute Gasteiger partial charge is 0.389 e. The summed E-state index contributed by atoms with van der Waals surface area (Å²) in [6.45, 7) is 3.43. The van der Waals surface area contributed by atoms with Gasteiger partial charge in [-0.2, -0.15) is 13.2 Å². The van der Waals surface area contributed by atoms with E-state index in [0.717, 1.165) is 5.56 Å². The van der Waals surface area contributed by atoms with Crippen LogP contribution in [-0.2, 0) is 10.0 Å². The molecule has 0 aliphatic carbocycles. The first kappa shape index (κ1) is 16.6. The highest BCUT2D eigenvalue weighted by atomic mass is 32.2. The molecule has 1 rings (SSSR count). The third-order valence-corrected chi connectivity index (χ3v) is 4.23. The van der Waals surface area contributed by atoms with Gasteiger partial charge in [-0.3, -0.25) is 4.72 Å². The molecular weight excluding hydrogens is 293 g/mol. The monoisotopic (exact) mass is 310 g/mol. The Morgan fingerprint density at radius 2 is 1.85 bits per heavy atom. The summed E-state index contributed by atoms with van der Waals surface area (Å²) < 4.78 is 61.7. The van der Waals surface area contributed by atoms with Crippen LogP contribution >= 0.6 is 0 Å². The van der Waals surface area contributed by atoms with Crippen LogP contribution in [0.1, 0.15) is 24.0 Å². The molecule has 0 aliphatic rings. The second kappa shape index (κ2) is 5.90. The van der Waals surface area contributed by atoms with Crippen LogP contribution in [-0.4, -0.2) is 20.3 Å². The molecule has 114 valence electrons. The number of alkyl halides is 3. The first-order chi connectivity index (χ1) is 9.02. The van der Waals surface area contributed by atoms with Crippen molar-refractivity contribution < 1.29 is 21.6 Å². The van der Waals surface area contributed by atoms with Gasteiger partial charge in [-0.25, -0.2) is 8.42 Å². The van der Waals surface area contributed by atoms with Gasteiger partial charge in [-0.15, -0.1) is 0 Å². The third kappa shape index (κ3) is 4.92. The summed E-state index contributed by atoms with van der Waals surface area (Å²) in [7, 11) is -3.81. The summed E-state index contributed by atoms with van der Waals surface area (Å²) in [4.78, 5) is 0. The Bertz CT molecular complexity index is 583. The summed E-state index contributed by atoms with van der Waals surface area (Å²) in [6.07, 6.45) is -5.94. The van der Waals surface area contributed by atoms with Gasteiger partial charge in [0.25, 0.3) is 0 Å². The van der Waals surface area contributed by atoms with Crippen LogP contribution in [0.25, 0.3) is 0 Å². The van der Waals surface area contributed by atoms with Crippen LogP contribution in [0.4, 0.5) is 24.5 Å². The topological polar surface area (TPSA) is 72.2 Å². The van der Waals surface area contributed by atoms with E-state index in [4.69, 9.17) is 5.73 Å². The zero-order valence-electron chi connectivity index (χ0n) is 11.2. The molecule has 0 spiro atoms. The first-order valence-corrected chi connectivity index (χ1v) is 7.60. The van der Waals surface area contributed by atoms with Crippen molar-refractivity contribution in [1.82, 2.24) is 0 Å². The van der Waals surface area contributed by atoms with Gasteiger partial charge in [-0.05, 0) is 37.5 Å². The number of nitrogens with one attached hydrogen (secondary N) is 1. The average Bonchev–Trinajstić information content (AvgIpc) is 2.28. The molecule has 1 aromatic rings. The molecule has 8 heteroatoms. The highest BCUT2D eigenvalue weighted by Crippen LogP contribution is 2.26. The normalized spacial score (nSPS) is 12.4. The lowest BCUT2D eigenvalue weighted by Gasteiger charge is -2.13. The zero-order valence-corrected chi connectivity index (χ0v) is 12.0. The number of hydrogen-bond donors (Lipinski definition) is 2. The Kier molecular flexibility index (Phi) is 4.90. The molecule has 3 N–H and O–H groups in total. The molecule has 0 unspecified atom stereocenters. The Balaban J connectivity index is 2.75. The maximum absolute atomic E-state index is 12.0. The summed E-state index contributed by atoms with van der Waals surface area (Å²) in [5.41, 5.74) is 7.89. The van der Waals surface area contributed by atoms with E-state index in [9.17, 15) is 21.6 Å². The van der Waals surface area contributed by atoms with E-state index in [2.05, 4.69) is 4.72 Å². The third-order valence-electron chi connectivity index (χ3n) is 2.87. The molecule has 0 aliphatic heterocycles. The van der Waals surface area contributed by atoms with Gasteiger partial charge in [0.1, 0.15) is 0 Å². The second-order valence-corrected chi connectivity index (χ2v) is 6.45. The van der Waals surface area contributed by atoms with Crippen LogP contribution < -0.4 is 10.5 Å². The number of sulfonamides is 1. The Morgan fingerprint density at radius 3 is 2.40 bits per heavy atom. The van der Waals surface area contributed by atoms with Crippen molar-refractivity contribution in [2.24, 2.45) is 0 Å². The standard InChI is InChI=1S/C12H17F3N2O2S/c1-8-4-5-10(9(2)11(8)16)17-20(18,19)7-3-6-12(13,14)15/h4-5,17H,3,6-7,16H2,1-2H3. The van der Waals surface area contributed by atoms with Crippen molar-refractivity contribution in [3.05, 3.63) is 23.3 Å². The number of halogens is 3. The van der Waals surface area contributed by atoms with E-state index in [1.165, 1.54) is 0 Å². The van der Waals surface area contributed by atoms with Crippen molar-refractivity contribution in [3.8, 4) is 0 Å². The van der Waals surface area contributed by atoms with Crippen LogP contribution in [0.15, 0.2) is 12.1 Å². The molecule has 0 saturated carbocycles. The van der Waals surface area contributed by atoms with Crippen molar-refractivity contribution in [2.75, 3.05) is 16.2 Å². The lowest BCUT2D eigenvalue weighted by atomic mass is 10.1. The number of rotatable bonds is 5. The van der Waals surface area contributed by atoms with Gasteiger partial charge in [0, 0.05) is 12.1 Å². The number of benzene rings is 1. The maximum Gasteiger partial charge on any atom is 0.389 e. The lowest BCUT2D eigenvalue weighted by molar-refractivity contribution is -0.134. The van der Waals surface area contributed by atoms with Gasteiger partial charge >= 0.3 is 6.18 Å². The minimum atomic E-state index is -4.35. The molecular formula is C12H17F3N2O2S. The fourth-order valence-corrected chi connectivity index (χ4v) is 2.84. The van der Waals surface area contributed by atoms with E-state index >= 15 is 0 Å². The van der Waals surface area contributed by atoms with E-state index in [1.807, 2.05) is 0 Å². The van der Waals surface area contributed by atoms with Gasteiger partial charge in [-0.1, -0.05) is 6.07 Å². The Hall–Kier alpha value is -1.44. The number of nitrogens with two attached hydrogens (primary N) is 1.